The first-order valence-corrected chi connectivity index (χ1v) is 15.7. The Morgan fingerprint density at radius 3 is 2.28 bits per heavy atom. The maximum Gasteiger partial charge on any atom is 0.271 e. The summed E-state index contributed by atoms with van der Waals surface area (Å²) in [5.74, 6) is -1.01. The number of nitrogens with zero attached hydrogens (tertiary/aromatic N) is 3. The molecule has 3 rings (SSSR count). The molecule has 0 aromatic heterocycles. The van der Waals surface area contributed by atoms with Crippen LogP contribution in [0.3, 0.4) is 0 Å². The third-order valence-corrected chi connectivity index (χ3v) is 8.32. The minimum Gasteiger partial charge on any atom is -0.495 e. The third kappa shape index (κ3) is 8.77. The summed E-state index contributed by atoms with van der Waals surface area (Å²) in [7, 11) is -2.85. The Kier molecular flexibility index (Phi) is 11.2. The molecule has 2 unspecified atom stereocenters. The van der Waals surface area contributed by atoms with Gasteiger partial charge in [-0.25, -0.2) is 8.42 Å². The van der Waals surface area contributed by atoms with Gasteiger partial charge < -0.3 is 15.0 Å². The van der Waals surface area contributed by atoms with Gasteiger partial charge in [-0.05, 0) is 43.0 Å². The number of hydrogen-bond acceptors (Lipinski definition) is 7. The van der Waals surface area contributed by atoms with Crippen LogP contribution in [-0.2, 0) is 32.6 Å². The fraction of sp³-hybridized carbons (Fsp3) is 0.355. The number of rotatable bonds is 14. The number of nitro benzene ring substituents is 1. The summed E-state index contributed by atoms with van der Waals surface area (Å²) < 4.78 is 32.3. The van der Waals surface area contributed by atoms with Crippen LogP contribution in [0, 0.1) is 17.0 Å². The van der Waals surface area contributed by atoms with Gasteiger partial charge >= 0.3 is 0 Å². The zero-order chi connectivity index (χ0) is 31.7. The molecular formula is C31H38N4O7S. The van der Waals surface area contributed by atoms with Crippen LogP contribution in [0.5, 0.6) is 5.75 Å². The standard InChI is InChI=1S/C31H38N4O7S/c1-6-23(3)32-31(37)28(18-24-13-8-7-9-14-24)33(20-25-15-11-10-12-22(25)2)30(36)21-34(43(5,40)41)27-19-26(35(38)39)16-17-29(27)42-4/h7-17,19,23,28H,6,18,20-21H2,1-5H3,(H,32,37). The maximum absolute atomic E-state index is 14.3. The molecule has 11 nitrogen and oxygen atoms in total. The van der Waals surface area contributed by atoms with Gasteiger partial charge in [0.1, 0.15) is 24.0 Å². The number of benzene rings is 3. The Morgan fingerprint density at radius 2 is 1.70 bits per heavy atom. The van der Waals surface area contributed by atoms with Crippen LogP contribution < -0.4 is 14.4 Å². The van der Waals surface area contributed by atoms with E-state index in [-0.39, 0.29) is 42.0 Å². The molecule has 0 heterocycles. The van der Waals surface area contributed by atoms with Crippen LogP contribution in [0.4, 0.5) is 11.4 Å². The first-order valence-electron chi connectivity index (χ1n) is 13.8. The van der Waals surface area contributed by atoms with E-state index in [9.17, 15) is 28.1 Å². The summed E-state index contributed by atoms with van der Waals surface area (Å²) in [6, 6.07) is 19.0. The number of carbonyl (C=O) groups is 2. The number of ether oxygens (including phenoxy) is 1. The monoisotopic (exact) mass is 610 g/mol. The summed E-state index contributed by atoms with van der Waals surface area (Å²) >= 11 is 0. The lowest BCUT2D eigenvalue weighted by atomic mass is 10.0. The van der Waals surface area contributed by atoms with Crippen LogP contribution in [0.15, 0.2) is 72.8 Å². The number of carbonyl (C=O) groups excluding carboxylic acids is 2. The summed E-state index contributed by atoms with van der Waals surface area (Å²) in [5.41, 5.74) is 1.95. The number of nitro groups is 1. The lowest BCUT2D eigenvalue weighted by Crippen LogP contribution is -2.54. The van der Waals surface area contributed by atoms with Gasteiger partial charge in [-0.1, -0.05) is 61.5 Å². The fourth-order valence-corrected chi connectivity index (χ4v) is 5.39. The number of sulfonamides is 1. The van der Waals surface area contributed by atoms with Crippen molar-refractivity contribution in [2.75, 3.05) is 24.2 Å². The quantitative estimate of drug-likeness (QED) is 0.213. The number of aryl methyl sites for hydroxylation is 1. The molecule has 230 valence electrons. The lowest BCUT2D eigenvalue weighted by Gasteiger charge is -2.34. The normalized spacial score (nSPS) is 12.6. The number of hydrogen-bond donors (Lipinski definition) is 1. The maximum atomic E-state index is 14.3. The zero-order valence-corrected chi connectivity index (χ0v) is 25.8. The van der Waals surface area contributed by atoms with E-state index in [0.717, 1.165) is 33.3 Å². The smallest absolute Gasteiger partial charge is 0.271 e. The molecule has 0 aliphatic carbocycles. The van der Waals surface area contributed by atoms with Crippen LogP contribution in [0.1, 0.15) is 37.0 Å². The predicted molar refractivity (Wildman–Crippen MR) is 165 cm³/mol. The van der Waals surface area contributed by atoms with Gasteiger partial charge in [0, 0.05) is 31.1 Å². The summed E-state index contributed by atoms with van der Waals surface area (Å²) in [5, 5.41) is 14.5. The highest BCUT2D eigenvalue weighted by atomic mass is 32.2. The van der Waals surface area contributed by atoms with E-state index < -0.39 is 33.4 Å². The molecule has 0 aliphatic rings. The first-order chi connectivity index (χ1) is 20.3. The van der Waals surface area contributed by atoms with E-state index in [2.05, 4.69) is 5.32 Å². The molecule has 0 fully saturated rings. The van der Waals surface area contributed by atoms with Gasteiger partial charge in [0.25, 0.3) is 5.69 Å². The van der Waals surface area contributed by atoms with Crippen molar-refractivity contribution in [2.45, 2.75) is 52.2 Å². The highest BCUT2D eigenvalue weighted by Gasteiger charge is 2.34. The van der Waals surface area contributed by atoms with E-state index in [1.54, 1.807) is 0 Å². The SMILES string of the molecule is CCC(C)NC(=O)C(Cc1ccccc1)N(Cc1ccccc1C)C(=O)CN(c1cc([N+](=O)[O-])ccc1OC)S(C)(=O)=O. The molecule has 2 atom stereocenters. The van der Waals surface area contributed by atoms with Crippen molar-refractivity contribution in [2.24, 2.45) is 0 Å². The summed E-state index contributed by atoms with van der Waals surface area (Å²) in [6.45, 7) is 5.00. The van der Waals surface area contributed by atoms with Gasteiger partial charge in [-0.3, -0.25) is 24.0 Å². The van der Waals surface area contributed by atoms with E-state index in [1.807, 2.05) is 75.4 Å². The number of nitrogens with one attached hydrogen (secondary N) is 1. The fourth-order valence-electron chi connectivity index (χ4n) is 4.55. The average Bonchev–Trinajstić information content (AvgIpc) is 2.97. The number of amides is 2. The Bertz CT molecular complexity index is 1550. The first kappa shape index (κ1) is 33.1. The van der Waals surface area contributed by atoms with Crippen molar-refractivity contribution in [3.63, 3.8) is 0 Å². The van der Waals surface area contributed by atoms with Gasteiger partial charge in [0.05, 0.1) is 18.3 Å². The van der Waals surface area contributed by atoms with Gasteiger partial charge in [-0.15, -0.1) is 0 Å². The molecule has 0 radical (unpaired) electrons. The second-order valence-corrected chi connectivity index (χ2v) is 12.3. The molecular weight excluding hydrogens is 572 g/mol. The molecule has 1 N–H and O–H groups in total. The molecule has 3 aromatic carbocycles. The van der Waals surface area contributed by atoms with Crippen LogP contribution in [0.25, 0.3) is 0 Å². The molecule has 12 heteroatoms. The Morgan fingerprint density at radius 1 is 1.05 bits per heavy atom. The van der Waals surface area contributed by atoms with E-state index >= 15 is 0 Å². The Balaban J connectivity index is 2.14. The zero-order valence-electron chi connectivity index (χ0n) is 25.0. The second-order valence-electron chi connectivity index (χ2n) is 10.4. The Hall–Kier alpha value is -4.45. The van der Waals surface area contributed by atoms with Crippen LogP contribution in [0.2, 0.25) is 0 Å². The third-order valence-electron chi connectivity index (χ3n) is 7.20. The molecule has 2 amide bonds. The predicted octanol–water partition coefficient (Wildman–Crippen LogP) is 4.23. The van der Waals surface area contributed by atoms with Crippen molar-refractivity contribution >= 4 is 33.2 Å². The number of non-ortho nitro benzene ring substituents is 1. The van der Waals surface area contributed by atoms with E-state index in [1.165, 1.54) is 24.1 Å². The molecule has 0 saturated carbocycles. The number of anilines is 1. The van der Waals surface area contributed by atoms with E-state index in [4.69, 9.17) is 4.74 Å². The topological polar surface area (TPSA) is 139 Å². The second kappa shape index (κ2) is 14.6. The molecule has 0 spiro atoms. The highest BCUT2D eigenvalue weighted by molar-refractivity contribution is 7.92. The minimum atomic E-state index is -4.15. The van der Waals surface area contributed by atoms with Crippen molar-refractivity contribution in [3.8, 4) is 5.75 Å². The molecule has 43 heavy (non-hydrogen) atoms. The van der Waals surface area contributed by atoms with Crippen molar-refractivity contribution in [3.05, 3.63) is 99.6 Å². The highest BCUT2D eigenvalue weighted by Crippen LogP contribution is 2.34. The Labute approximate surface area is 252 Å². The number of methoxy groups -OCH3 is 1. The molecule has 0 saturated heterocycles. The molecule has 3 aromatic rings. The average molecular weight is 611 g/mol. The van der Waals surface area contributed by atoms with Crippen LogP contribution in [-0.4, -0.2) is 62.0 Å². The van der Waals surface area contributed by atoms with Gasteiger partial charge in [-0.2, -0.15) is 0 Å². The summed E-state index contributed by atoms with van der Waals surface area (Å²) in [4.78, 5) is 40.3. The van der Waals surface area contributed by atoms with E-state index in [0.29, 0.717) is 6.42 Å². The minimum absolute atomic E-state index is 0.0284. The van der Waals surface area contributed by atoms with Crippen molar-refractivity contribution in [1.82, 2.24) is 10.2 Å². The largest absolute Gasteiger partial charge is 0.495 e. The van der Waals surface area contributed by atoms with Gasteiger partial charge in [0.2, 0.25) is 21.8 Å². The van der Waals surface area contributed by atoms with Crippen molar-refractivity contribution in [1.29, 1.82) is 0 Å². The van der Waals surface area contributed by atoms with Crippen LogP contribution >= 0.6 is 0 Å². The van der Waals surface area contributed by atoms with Gasteiger partial charge in [0.15, 0.2) is 0 Å². The summed E-state index contributed by atoms with van der Waals surface area (Å²) in [6.07, 6.45) is 1.75. The molecule has 0 bridgehead atoms. The molecule has 0 aliphatic heterocycles. The lowest BCUT2D eigenvalue weighted by molar-refractivity contribution is -0.384. The van der Waals surface area contributed by atoms with Crippen molar-refractivity contribution < 1.29 is 27.7 Å².